The molecule has 8 heteroatoms. The van der Waals surface area contributed by atoms with E-state index in [0.29, 0.717) is 67.5 Å². The van der Waals surface area contributed by atoms with Crippen LogP contribution in [0.4, 0.5) is 0 Å². The van der Waals surface area contributed by atoms with Gasteiger partial charge in [0.1, 0.15) is 0 Å². The normalized spacial score (nSPS) is 13.1. The molecule has 2 aliphatic heterocycles. The third kappa shape index (κ3) is 5.46. The summed E-state index contributed by atoms with van der Waals surface area (Å²) in [6.07, 6.45) is 0. The molecule has 294 valence electrons. The predicted octanol–water partition coefficient (Wildman–Crippen LogP) is 13.0. The molecule has 12 aromatic rings. The summed E-state index contributed by atoms with van der Waals surface area (Å²) in [5.74, 6) is 1.17. The summed E-state index contributed by atoms with van der Waals surface area (Å²) in [5, 5.41) is 10.7. The number of aromatic nitrogens is 7. The number of hydrogen-bond acceptors (Lipinski definition) is 5. The van der Waals surface area contributed by atoms with E-state index in [-0.39, 0.29) is 44.3 Å². The van der Waals surface area contributed by atoms with Gasteiger partial charge in [0.15, 0.2) is 0 Å². The van der Waals surface area contributed by atoms with Crippen LogP contribution in [0.15, 0.2) is 176 Å². The molecule has 0 aliphatic carbocycles. The summed E-state index contributed by atoms with van der Waals surface area (Å²) in [6.45, 7) is 0. The summed E-state index contributed by atoms with van der Waals surface area (Å²) in [7, 11) is 0. The van der Waals surface area contributed by atoms with Crippen molar-refractivity contribution in [3.8, 4) is 56.5 Å². The van der Waals surface area contributed by atoms with Gasteiger partial charge in [0.25, 0.3) is 0 Å². The van der Waals surface area contributed by atoms with E-state index >= 15 is 0 Å². The zero-order valence-corrected chi connectivity index (χ0v) is 35.1. The monoisotopic (exact) mass is 987 g/mol. The largest absolute Gasteiger partial charge is 2.00 e. The van der Waals surface area contributed by atoms with E-state index in [2.05, 4.69) is 48.5 Å². The molecule has 0 N–H and O–H groups in total. The Kier molecular flexibility index (Phi) is 6.69. The van der Waals surface area contributed by atoms with E-state index in [1.54, 1.807) is 0 Å². The SMILES string of the molecule is [2H]c1c([2H])c([2H])c(-c2c3nc(nc4[n-]c(nc5nc(nc6[n-]c2c2cc7ccccc7cc62)-c2cc6ccccc6cc2-5)c2cc5ccccc5cc42)-c2cc4ccccc4cc2-3)c([2H])c1[2H].[Pt+2]. The Morgan fingerprint density at radius 2 is 0.730 bits per heavy atom. The Hall–Kier alpha value is -7.86. The van der Waals surface area contributed by atoms with Gasteiger partial charge >= 0.3 is 21.1 Å². The van der Waals surface area contributed by atoms with Crippen LogP contribution in [0.2, 0.25) is 0 Å². The minimum atomic E-state index is -0.503. The maximum atomic E-state index is 9.49. The summed E-state index contributed by atoms with van der Waals surface area (Å²) >= 11 is 0. The minimum absolute atomic E-state index is 0. The van der Waals surface area contributed by atoms with E-state index in [0.717, 1.165) is 65.0 Å². The molecule has 0 saturated carbocycles. The van der Waals surface area contributed by atoms with Crippen molar-refractivity contribution in [2.75, 3.05) is 0 Å². The average molecular weight is 988 g/mol. The first-order chi connectivity index (χ1) is 32.7. The minimum Gasteiger partial charge on any atom is -0.435 e. The molecule has 0 atom stereocenters. The molecule has 63 heavy (non-hydrogen) atoms. The number of benzene rings is 9. The van der Waals surface area contributed by atoms with Crippen LogP contribution in [0.5, 0.6) is 0 Å². The molecule has 0 unspecified atom stereocenters. The second-order valence-corrected chi connectivity index (χ2v) is 15.8. The molecule has 0 fully saturated rings. The van der Waals surface area contributed by atoms with Crippen molar-refractivity contribution in [2.45, 2.75) is 0 Å². The third-order valence-corrected chi connectivity index (χ3v) is 12.2. The average Bonchev–Trinajstić information content (AvgIpc) is 4.08. The Labute approximate surface area is 380 Å². The molecule has 9 aromatic carbocycles. The van der Waals surface area contributed by atoms with Crippen LogP contribution in [-0.4, -0.2) is 24.9 Å². The molecular weight excluding hydrogens is 954 g/mol. The maximum Gasteiger partial charge on any atom is 2.00 e. The summed E-state index contributed by atoms with van der Waals surface area (Å²) in [4.78, 5) is 37.0. The topological polar surface area (TPSA) is 92.7 Å². The van der Waals surface area contributed by atoms with Crippen molar-refractivity contribution in [3.63, 3.8) is 0 Å². The zero-order chi connectivity index (χ0) is 44.8. The second-order valence-electron chi connectivity index (χ2n) is 15.8. The summed E-state index contributed by atoms with van der Waals surface area (Å²) < 4.78 is 45.5. The van der Waals surface area contributed by atoms with Crippen molar-refractivity contribution >= 4 is 87.1 Å². The van der Waals surface area contributed by atoms with Crippen molar-refractivity contribution in [2.24, 2.45) is 0 Å². The van der Waals surface area contributed by atoms with Gasteiger partial charge in [-0.3, -0.25) is 0 Å². The van der Waals surface area contributed by atoms with E-state index < -0.39 is 18.1 Å². The Morgan fingerprint density at radius 3 is 1.21 bits per heavy atom. The smallest absolute Gasteiger partial charge is 0.435 e. The summed E-state index contributed by atoms with van der Waals surface area (Å²) in [5.41, 5.74) is 4.96. The van der Waals surface area contributed by atoms with Crippen LogP contribution >= 0.6 is 0 Å². The van der Waals surface area contributed by atoms with E-state index in [1.807, 2.05) is 97.1 Å². The fourth-order valence-corrected chi connectivity index (χ4v) is 9.27. The van der Waals surface area contributed by atoms with E-state index in [9.17, 15) is 2.74 Å². The van der Waals surface area contributed by atoms with Crippen LogP contribution in [0.25, 0.3) is 144 Å². The molecular formula is C55H29N7Pt. The van der Waals surface area contributed by atoms with Gasteiger partial charge in [-0.15, -0.1) is 0 Å². The van der Waals surface area contributed by atoms with Gasteiger partial charge in [-0.2, -0.15) is 0 Å². The molecule has 0 spiro atoms. The van der Waals surface area contributed by atoms with Crippen LogP contribution in [0.3, 0.4) is 0 Å². The first-order valence-corrected chi connectivity index (χ1v) is 20.3. The second kappa shape index (κ2) is 13.6. The van der Waals surface area contributed by atoms with Gasteiger partial charge in [0.2, 0.25) is 0 Å². The molecule has 5 heterocycles. The Morgan fingerprint density at radius 1 is 0.365 bits per heavy atom. The van der Waals surface area contributed by atoms with Crippen molar-refractivity contribution < 1.29 is 27.9 Å². The quantitative estimate of drug-likeness (QED) is 0.162. The van der Waals surface area contributed by atoms with Gasteiger partial charge in [-0.25, -0.2) is 9.97 Å². The van der Waals surface area contributed by atoms with E-state index in [1.165, 1.54) is 0 Å². The van der Waals surface area contributed by atoms with Gasteiger partial charge in [0, 0.05) is 39.1 Å². The predicted molar refractivity (Wildman–Crippen MR) is 252 cm³/mol. The molecule has 0 saturated heterocycles. The number of rotatable bonds is 1. The molecule has 8 bridgehead atoms. The zero-order valence-electron chi connectivity index (χ0n) is 37.8. The van der Waals surface area contributed by atoms with Crippen molar-refractivity contribution in [3.05, 3.63) is 176 Å². The molecule has 7 nitrogen and oxygen atoms in total. The summed E-state index contributed by atoms with van der Waals surface area (Å²) in [6, 6.07) is 46.4. The van der Waals surface area contributed by atoms with Crippen molar-refractivity contribution in [1.82, 2.24) is 34.9 Å². The van der Waals surface area contributed by atoms with Gasteiger partial charge in [-0.05, 0) is 130 Å². The van der Waals surface area contributed by atoms with Crippen LogP contribution in [-0.2, 0) is 21.1 Å². The molecule has 2 aliphatic rings. The van der Waals surface area contributed by atoms with Gasteiger partial charge < -0.3 is 24.9 Å². The molecule has 3 aromatic heterocycles. The Bertz CT molecular complexity index is 4400. The Balaban J connectivity index is 0.00000457. The van der Waals surface area contributed by atoms with Crippen LogP contribution in [0.1, 0.15) is 6.85 Å². The van der Waals surface area contributed by atoms with Crippen molar-refractivity contribution in [1.29, 1.82) is 0 Å². The first kappa shape index (κ1) is 31.1. The molecule has 0 amide bonds. The fourth-order valence-electron chi connectivity index (χ4n) is 9.27. The fraction of sp³-hybridized carbons (Fsp3) is 0. The standard InChI is InChI=1S/C55H29N7.Pt/c1-2-12-30(13-3-1)47-48-39-22-31-14-4-6-16-33(31)24-41(39)50(56-48)58-52-43-26-35-18-8-10-20-37(35)28-45(43)54(60-52)62-55-46-29-38-21-11-9-19-36(38)27-44(46)53(61-55)59-51-42-25-34-17-7-5-15-32(34)23-40(42)49(47)57-51;/h1-29H;/q-2;+2/i1D,2D,3D,12D,13D;. The number of hydrogen-bond donors (Lipinski definition) is 0. The van der Waals surface area contributed by atoms with Gasteiger partial charge in [0.05, 0.1) is 30.0 Å². The first-order valence-electron chi connectivity index (χ1n) is 22.8. The maximum absolute atomic E-state index is 9.49. The number of nitrogens with zero attached hydrogens (tertiary/aromatic N) is 7. The van der Waals surface area contributed by atoms with Crippen LogP contribution < -0.4 is 9.97 Å². The third-order valence-electron chi connectivity index (χ3n) is 12.2. The van der Waals surface area contributed by atoms with Gasteiger partial charge in [-0.1, -0.05) is 127 Å². The number of fused-ring (bicyclic) bond motifs is 24. The van der Waals surface area contributed by atoms with Crippen LogP contribution in [0, 0.1) is 0 Å². The molecule has 14 rings (SSSR count). The van der Waals surface area contributed by atoms with E-state index in [4.69, 9.17) is 39.0 Å². The molecule has 0 radical (unpaired) electrons.